The second kappa shape index (κ2) is 4.15. The molecule has 3 heteroatoms. The largest absolute Gasteiger partial charge is 0.282 e. The van der Waals surface area contributed by atoms with Crippen LogP contribution < -0.4 is 0 Å². The van der Waals surface area contributed by atoms with E-state index in [-0.39, 0.29) is 5.12 Å². The number of halogens is 1. The Labute approximate surface area is 95.0 Å². The van der Waals surface area contributed by atoms with E-state index in [1.807, 2.05) is 36.4 Å². The van der Waals surface area contributed by atoms with Gasteiger partial charge in [-0.3, -0.25) is 4.79 Å². The summed E-state index contributed by atoms with van der Waals surface area (Å²) >= 11 is 4.60. The summed E-state index contributed by atoms with van der Waals surface area (Å²) in [5.74, 6) is 0. The first-order valence-corrected chi connectivity index (χ1v) is 5.73. The Kier molecular flexibility index (Phi) is 2.89. The van der Waals surface area contributed by atoms with Crippen LogP contribution in [-0.4, -0.2) is 5.12 Å². The van der Waals surface area contributed by atoms with E-state index in [1.165, 1.54) is 11.8 Å². The highest BCUT2D eigenvalue weighted by atomic mass is 79.9. The quantitative estimate of drug-likeness (QED) is 0.773. The Bertz CT molecular complexity index is 420. The third-order valence-electron chi connectivity index (χ3n) is 1.79. The Hall–Kier alpha value is -0.800. The highest BCUT2D eigenvalue weighted by Crippen LogP contribution is 2.37. The van der Waals surface area contributed by atoms with Gasteiger partial charge in [0.25, 0.3) is 0 Å². The van der Waals surface area contributed by atoms with Gasteiger partial charge in [0, 0.05) is 15.5 Å². The summed E-state index contributed by atoms with van der Waals surface area (Å²) in [6, 6.07) is 9.95. The minimum absolute atomic E-state index is 0.0825. The summed E-state index contributed by atoms with van der Waals surface area (Å²) in [4.78, 5) is 12.0. The molecule has 1 aliphatic heterocycles. The fourth-order valence-electron chi connectivity index (χ4n) is 1.16. The van der Waals surface area contributed by atoms with Crippen molar-refractivity contribution in [3.63, 3.8) is 0 Å². The zero-order chi connectivity index (χ0) is 9.97. The molecule has 0 fully saturated rings. The van der Waals surface area contributed by atoms with Gasteiger partial charge in [-0.25, -0.2) is 0 Å². The fraction of sp³-hybridized carbons (Fsp3) is 0. The van der Waals surface area contributed by atoms with Gasteiger partial charge in [0.15, 0.2) is 0 Å². The van der Waals surface area contributed by atoms with Crippen molar-refractivity contribution >= 4 is 38.9 Å². The van der Waals surface area contributed by atoms with Crippen LogP contribution in [0.15, 0.2) is 45.8 Å². The van der Waals surface area contributed by atoms with Crippen molar-refractivity contribution in [2.45, 2.75) is 0 Å². The van der Waals surface area contributed by atoms with Crippen LogP contribution >= 0.6 is 27.7 Å². The number of allylic oxidation sites excluding steroid dienone is 1. The van der Waals surface area contributed by atoms with Crippen LogP contribution in [0.25, 0.3) is 6.08 Å². The number of hydrogen-bond acceptors (Lipinski definition) is 2. The van der Waals surface area contributed by atoms with E-state index in [9.17, 15) is 4.79 Å². The number of carbonyl (C=O) groups excluding carboxylic acids is 1. The Balaban J connectivity index is 2.29. The molecule has 0 radical (unpaired) electrons. The molecular weight excluding hydrogens is 260 g/mol. The Morgan fingerprint density at radius 3 is 2.50 bits per heavy atom. The molecule has 0 aromatic heterocycles. The van der Waals surface area contributed by atoms with Gasteiger partial charge < -0.3 is 0 Å². The second-order valence-electron chi connectivity index (χ2n) is 2.83. The SMILES string of the molecule is O=C1C=C(Br)/C(=C\c2ccccc2)S1. The van der Waals surface area contributed by atoms with Crippen molar-refractivity contribution in [3.8, 4) is 0 Å². The first-order valence-electron chi connectivity index (χ1n) is 4.12. The normalized spacial score (nSPS) is 18.8. The van der Waals surface area contributed by atoms with E-state index in [1.54, 1.807) is 6.08 Å². The lowest BCUT2D eigenvalue weighted by Gasteiger charge is -1.96. The maximum absolute atomic E-state index is 11.1. The lowest BCUT2D eigenvalue weighted by molar-refractivity contribution is -0.106. The average Bonchev–Trinajstić information content (AvgIpc) is 2.47. The van der Waals surface area contributed by atoms with E-state index < -0.39 is 0 Å². The molecule has 2 rings (SSSR count). The van der Waals surface area contributed by atoms with Crippen molar-refractivity contribution in [1.29, 1.82) is 0 Å². The molecule has 0 bridgehead atoms. The number of thioether (sulfide) groups is 1. The highest BCUT2D eigenvalue weighted by Gasteiger charge is 2.16. The summed E-state index contributed by atoms with van der Waals surface area (Å²) in [7, 11) is 0. The molecule has 1 heterocycles. The molecule has 0 N–H and O–H groups in total. The Morgan fingerprint density at radius 2 is 1.93 bits per heavy atom. The average molecular weight is 267 g/mol. The summed E-state index contributed by atoms with van der Waals surface area (Å²) in [5.41, 5.74) is 1.11. The van der Waals surface area contributed by atoms with E-state index >= 15 is 0 Å². The summed E-state index contributed by atoms with van der Waals surface area (Å²) in [5, 5.41) is 0.0825. The molecule has 1 aliphatic rings. The Morgan fingerprint density at radius 1 is 1.21 bits per heavy atom. The fourth-order valence-corrected chi connectivity index (χ4v) is 2.62. The van der Waals surface area contributed by atoms with Gasteiger partial charge in [-0.2, -0.15) is 0 Å². The molecule has 0 atom stereocenters. The van der Waals surface area contributed by atoms with Gasteiger partial charge in [-0.15, -0.1) is 0 Å². The molecule has 0 aliphatic carbocycles. The molecule has 70 valence electrons. The number of carbonyl (C=O) groups is 1. The predicted molar refractivity (Wildman–Crippen MR) is 64.0 cm³/mol. The molecule has 0 saturated carbocycles. The van der Waals surface area contributed by atoms with Gasteiger partial charge in [-0.1, -0.05) is 30.3 Å². The molecule has 1 nitrogen and oxygen atoms in total. The molecule has 0 amide bonds. The van der Waals surface area contributed by atoms with E-state index in [4.69, 9.17) is 0 Å². The van der Waals surface area contributed by atoms with Crippen molar-refractivity contribution in [2.75, 3.05) is 0 Å². The smallest absolute Gasteiger partial charge is 0.218 e. The van der Waals surface area contributed by atoms with Crippen molar-refractivity contribution in [3.05, 3.63) is 51.4 Å². The minimum atomic E-state index is 0.0825. The molecule has 1 aromatic carbocycles. The lowest BCUT2D eigenvalue weighted by atomic mass is 10.2. The molecule has 1 aromatic rings. The van der Waals surface area contributed by atoms with Gasteiger partial charge in [0.2, 0.25) is 5.12 Å². The highest BCUT2D eigenvalue weighted by molar-refractivity contribution is 9.12. The van der Waals surface area contributed by atoms with E-state index in [0.717, 1.165) is 15.0 Å². The van der Waals surface area contributed by atoms with Crippen LogP contribution in [0.5, 0.6) is 0 Å². The molecule has 0 spiro atoms. The van der Waals surface area contributed by atoms with Crippen LogP contribution in [0.4, 0.5) is 0 Å². The van der Waals surface area contributed by atoms with Gasteiger partial charge >= 0.3 is 0 Å². The third-order valence-corrected chi connectivity index (χ3v) is 3.58. The second-order valence-corrected chi connectivity index (χ2v) is 4.73. The summed E-state index contributed by atoms with van der Waals surface area (Å²) in [6.45, 7) is 0. The number of rotatable bonds is 1. The maximum atomic E-state index is 11.1. The first-order chi connectivity index (χ1) is 6.75. The summed E-state index contributed by atoms with van der Waals surface area (Å²) in [6.07, 6.45) is 3.59. The molecule has 0 unspecified atom stereocenters. The van der Waals surface area contributed by atoms with E-state index in [0.29, 0.717) is 0 Å². The van der Waals surface area contributed by atoms with Crippen molar-refractivity contribution in [2.24, 2.45) is 0 Å². The zero-order valence-electron chi connectivity index (χ0n) is 7.24. The molecule has 0 saturated heterocycles. The molecular formula is C11H7BrOS. The number of hydrogen-bond donors (Lipinski definition) is 0. The van der Waals surface area contributed by atoms with Crippen LogP contribution in [0.1, 0.15) is 5.56 Å². The number of benzene rings is 1. The van der Waals surface area contributed by atoms with Crippen molar-refractivity contribution < 1.29 is 4.79 Å². The van der Waals surface area contributed by atoms with Crippen LogP contribution in [0, 0.1) is 0 Å². The van der Waals surface area contributed by atoms with E-state index in [2.05, 4.69) is 15.9 Å². The van der Waals surface area contributed by atoms with Gasteiger partial charge in [0.05, 0.1) is 0 Å². The monoisotopic (exact) mass is 266 g/mol. The predicted octanol–water partition coefficient (Wildman–Crippen LogP) is 3.58. The van der Waals surface area contributed by atoms with Gasteiger partial charge in [-0.05, 0) is 39.3 Å². The minimum Gasteiger partial charge on any atom is -0.282 e. The maximum Gasteiger partial charge on any atom is 0.218 e. The molecule has 14 heavy (non-hydrogen) atoms. The van der Waals surface area contributed by atoms with Crippen LogP contribution in [-0.2, 0) is 4.79 Å². The first kappa shape index (κ1) is 9.74. The standard InChI is InChI=1S/C11H7BrOS/c12-9-7-11(13)14-10(9)6-8-4-2-1-3-5-8/h1-7H/b10-6+. The topological polar surface area (TPSA) is 17.1 Å². The lowest BCUT2D eigenvalue weighted by Crippen LogP contribution is -1.75. The third kappa shape index (κ3) is 2.16. The van der Waals surface area contributed by atoms with Crippen LogP contribution in [0.2, 0.25) is 0 Å². The van der Waals surface area contributed by atoms with Crippen LogP contribution in [0.3, 0.4) is 0 Å². The zero-order valence-corrected chi connectivity index (χ0v) is 9.64. The van der Waals surface area contributed by atoms with Crippen molar-refractivity contribution in [1.82, 2.24) is 0 Å². The summed E-state index contributed by atoms with van der Waals surface area (Å²) < 4.78 is 0.872. The van der Waals surface area contributed by atoms with Gasteiger partial charge in [0.1, 0.15) is 0 Å².